The molecule has 3 saturated heterocycles. The van der Waals surface area contributed by atoms with Crippen LogP contribution in [0.15, 0.2) is 24.3 Å². The van der Waals surface area contributed by atoms with E-state index in [0.717, 1.165) is 70.6 Å². The van der Waals surface area contributed by atoms with Gasteiger partial charge in [0.15, 0.2) is 0 Å². The van der Waals surface area contributed by atoms with Crippen LogP contribution in [0, 0.1) is 5.41 Å². The van der Waals surface area contributed by atoms with Crippen LogP contribution < -0.4 is 15.0 Å². The number of likely N-dealkylation sites (tertiary alicyclic amines) is 1. The maximum atomic E-state index is 13.4. The molecule has 1 spiro atoms. The highest BCUT2D eigenvalue weighted by Crippen LogP contribution is 2.43. The first-order chi connectivity index (χ1) is 13.6. The summed E-state index contributed by atoms with van der Waals surface area (Å²) in [5, 5.41) is 2.44. The highest BCUT2D eigenvalue weighted by molar-refractivity contribution is 5.86. The van der Waals surface area contributed by atoms with Crippen LogP contribution in [0.2, 0.25) is 0 Å². The summed E-state index contributed by atoms with van der Waals surface area (Å²) >= 11 is 0. The molecule has 3 aliphatic heterocycles. The van der Waals surface area contributed by atoms with Gasteiger partial charge in [0.2, 0.25) is 5.91 Å². The van der Waals surface area contributed by atoms with Gasteiger partial charge < -0.3 is 24.6 Å². The molecule has 7 heteroatoms. The van der Waals surface area contributed by atoms with Crippen molar-refractivity contribution in [2.75, 3.05) is 44.8 Å². The van der Waals surface area contributed by atoms with Crippen LogP contribution in [-0.2, 0) is 9.53 Å². The van der Waals surface area contributed by atoms with Crippen molar-refractivity contribution < 1.29 is 19.1 Å². The summed E-state index contributed by atoms with van der Waals surface area (Å²) < 4.78 is 10.6. The molecule has 4 rings (SSSR count). The van der Waals surface area contributed by atoms with E-state index in [1.807, 2.05) is 12.1 Å². The highest BCUT2D eigenvalue weighted by Gasteiger charge is 2.50. The van der Waals surface area contributed by atoms with Gasteiger partial charge in [-0.3, -0.25) is 4.79 Å². The van der Waals surface area contributed by atoms with Crippen LogP contribution >= 0.6 is 0 Å². The molecule has 0 bridgehead atoms. The molecule has 0 aliphatic carbocycles. The predicted octanol–water partition coefficient (Wildman–Crippen LogP) is 2.40. The van der Waals surface area contributed by atoms with Gasteiger partial charge in [0, 0.05) is 51.6 Å². The molecule has 0 aromatic heterocycles. The summed E-state index contributed by atoms with van der Waals surface area (Å²) in [5.74, 6) is 0.848. The fraction of sp³-hybridized carbons (Fsp3) is 0.619. The lowest BCUT2D eigenvalue weighted by Gasteiger charge is -2.41. The van der Waals surface area contributed by atoms with Gasteiger partial charge in [-0.15, -0.1) is 0 Å². The van der Waals surface area contributed by atoms with Crippen LogP contribution in [-0.4, -0.2) is 62.8 Å². The number of carbonyl (C=O) groups excluding carboxylic acids is 2. The lowest BCUT2D eigenvalue weighted by atomic mass is 9.78. The summed E-state index contributed by atoms with van der Waals surface area (Å²) in [5.41, 5.74) is 0.814. The van der Waals surface area contributed by atoms with E-state index >= 15 is 0 Å². The highest BCUT2D eigenvalue weighted by atomic mass is 16.5. The second-order valence-corrected chi connectivity index (χ2v) is 8.03. The van der Waals surface area contributed by atoms with Crippen LogP contribution in [0.5, 0.6) is 5.75 Å². The summed E-state index contributed by atoms with van der Waals surface area (Å²) in [6, 6.07) is 7.88. The lowest BCUT2D eigenvalue weighted by molar-refractivity contribution is -0.139. The molecule has 0 saturated carbocycles. The third kappa shape index (κ3) is 3.68. The van der Waals surface area contributed by atoms with Crippen molar-refractivity contribution in [2.45, 2.75) is 38.1 Å². The molecule has 152 valence electrons. The maximum absolute atomic E-state index is 13.4. The molecule has 1 N–H and O–H groups in total. The zero-order valence-corrected chi connectivity index (χ0v) is 16.5. The van der Waals surface area contributed by atoms with Gasteiger partial charge in [-0.05, 0) is 56.4 Å². The number of ether oxygens (including phenoxy) is 2. The first-order valence-electron chi connectivity index (χ1n) is 10.2. The molecular weight excluding hydrogens is 358 g/mol. The maximum Gasteiger partial charge on any atom is 0.412 e. The van der Waals surface area contributed by atoms with Gasteiger partial charge in [0.05, 0.1) is 5.41 Å². The van der Waals surface area contributed by atoms with E-state index in [1.165, 1.54) is 7.05 Å². The second-order valence-electron chi connectivity index (χ2n) is 8.03. The summed E-state index contributed by atoms with van der Waals surface area (Å²) in [6.07, 6.45) is 4.37. The van der Waals surface area contributed by atoms with Crippen LogP contribution in [0.1, 0.15) is 32.1 Å². The lowest BCUT2D eigenvalue weighted by Crippen LogP contribution is -2.50. The number of anilines is 1. The zero-order valence-electron chi connectivity index (χ0n) is 16.5. The summed E-state index contributed by atoms with van der Waals surface area (Å²) in [6.45, 7) is 4.11. The van der Waals surface area contributed by atoms with Crippen molar-refractivity contribution in [3.05, 3.63) is 24.3 Å². The number of carbonyl (C=O) groups is 2. The van der Waals surface area contributed by atoms with Crippen molar-refractivity contribution in [2.24, 2.45) is 5.41 Å². The van der Waals surface area contributed by atoms with E-state index in [0.29, 0.717) is 17.7 Å². The average molecular weight is 387 g/mol. The van der Waals surface area contributed by atoms with Gasteiger partial charge >= 0.3 is 6.09 Å². The zero-order chi connectivity index (χ0) is 19.6. The van der Waals surface area contributed by atoms with E-state index in [1.54, 1.807) is 12.1 Å². The molecule has 7 nitrogen and oxygen atoms in total. The van der Waals surface area contributed by atoms with Crippen molar-refractivity contribution in [3.8, 4) is 5.75 Å². The number of piperidine rings is 1. The standard InChI is InChI=1S/C21H29N3O4/c1-22-20(26)28-18-5-3-16(4-6-18)23-11-2-9-21(15-23)10-12-24(19(21)25)17-7-13-27-14-8-17/h3-6,17H,2,7-15H2,1H3,(H,22,26)/t21-/m1/s1. The van der Waals surface area contributed by atoms with Gasteiger partial charge in [0.1, 0.15) is 5.75 Å². The Kier molecular flexibility index (Phi) is 5.44. The number of hydrogen-bond acceptors (Lipinski definition) is 5. The predicted molar refractivity (Wildman–Crippen MR) is 106 cm³/mol. The Morgan fingerprint density at radius 2 is 1.93 bits per heavy atom. The Bertz CT molecular complexity index is 717. The minimum absolute atomic E-state index is 0.256. The number of nitrogens with zero attached hydrogens (tertiary/aromatic N) is 2. The number of amides is 2. The van der Waals surface area contributed by atoms with Crippen molar-refractivity contribution in [3.63, 3.8) is 0 Å². The first kappa shape index (κ1) is 19.1. The number of nitrogens with one attached hydrogen (secondary N) is 1. The molecule has 1 aromatic rings. The summed E-state index contributed by atoms with van der Waals surface area (Å²) in [4.78, 5) is 29.1. The fourth-order valence-corrected chi connectivity index (χ4v) is 4.81. The third-order valence-electron chi connectivity index (χ3n) is 6.37. The molecule has 2 amide bonds. The Hall–Kier alpha value is -2.28. The van der Waals surface area contributed by atoms with Gasteiger partial charge in [0.25, 0.3) is 0 Å². The van der Waals surface area contributed by atoms with Gasteiger partial charge in [-0.1, -0.05) is 0 Å². The van der Waals surface area contributed by atoms with E-state index in [2.05, 4.69) is 15.1 Å². The third-order valence-corrected chi connectivity index (χ3v) is 6.37. The minimum Gasteiger partial charge on any atom is -0.410 e. The Morgan fingerprint density at radius 3 is 2.64 bits per heavy atom. The Labute approximate surface area is 166 Å². The van der Waals surface area contributed by atoms with Crippen LogP contribution in [0.3, 0.4) is 0 Å². The monoisotopic (exact) mass is 387 g/mol. The molecule has 3 aliphatic rings. The molecule has 1 atom stereocenters. The van der Waals surface area contributed by atoms with E-state index in [9.17, 15) is 9.59 Å². The quantitative estimate of drug-likeness (QED) is 0.862. The molecule has 0 radical (unpaired) electrons. The normalized spacial score (nSPS) is 26.0. The average Bonchev–Trinajstić information content (AvgIpc) is 3.04. The van der Waals surface area contributed by atoms with Crippen molar-refractivity contribution in [1.82, 2.24) is 10.2 Å². The van der Waals surface area contributed by atoms with Gasteiger partial charge in [-0.2, -0.15) is 0 Å². The van der Waals surface area contributed by atoms with Crippen molar-refractivity contribution >= 4 is 17.7 Å². The van der Waals surface area contributed by atoms with Gasteiger partial charge in [-0.25, -0.2) is 4.79 Å². The fourth-order valence-electron chi connectivity index (χ4n) is 4.81. The molecule has 3 heterocycles. The minimum atomic E-state index is -0.477. The molecule has 1 aromatic carbocycles. The molecule has 0 unspecified atom stereocenters. The summed E-state index contributed by atoms with van der Waals surface area (Å²) in [7, 11) is 1.53. The van der Waals surface area contributed by atoms with Crippen molar-refractivity contribution in [1.29, 1.82) is 0 Å². The van der Waals surface area contributed by atoms with E-state index in [-0.39, 0.29) is 5.41 Å². The molecular formula is C21H29N3O4. The smallest absolute Gasteiger partial charge is 0.410 e. The van der Waals surface area contributed by atoms with Crippen LogP contribution in [0.25, 0.3) is 0 Å². The van der Waals surface area contributed by atoms with E-state index in [4.69, 9.17) is 9.47 Å². The number of benzene rings is 1. The number of hydrogen-bond donors (Lipinski definition) is 1. The molecule has 3 fully saturated rings. The van der Waals surface area contributed by atoms with Crippen LogP contribution in [0.4, 0.5) is 10.5 Å². The number of rotatable bonds is 3. The largest absolute Gasteiger partial charge is 0.412 e. The topological polar surface area (TPSA) is 71.1 Å². The first-order valence-corrected chi connectivity index (χ1v) is 10.2. The Morgan fingerprint density at radius 1 is 1.18 bits per heavy atom. The van der Waals surface area contributed by atoms with E-state index < -0.39 is 6.09 Å². The molecule has 28 heavy (non-hydrogen) atoms. The Balaban J connectivity index is 1.44. The SMILES string of the molecule is CNC(=O)Oc1ccc(N2CCC[C@@]3(CCN(C4CCOCC4)C3=O)C2)cc1. The second kappa shape index (κ2) is 7.99.